The van der Waals surface area contributed by atoms with Gasteiger partial charge in [0.25, 0.3) is 0 Å². The van der Waals surface area contributed by atoms with Crippen LogP contribution in [0.2, 0.25) is 0 Å². The molecule has 1 aromatic rings. The lowest BCUT2D eigenvalue weighted by Gasteiger charge is -2.08. The van der Waals surface area contributed by atoms with Crippen molar-refractivity contribution >= 4 is 17.2 Å². The second kappa shape index (κ2) is 8.70. The molecule has 1 atom stereocenters. The number of hydrogen-bond donors (Lipinski definition) is 2. The van der Waals surface area contributed by atoms with E-state index in [0.717, 1.165) is 16.2 Å². The smallest absolute Gasteiger partial charge is 0.220 e. The number of thiophene rings is 1. The molecule has 0 spiro atoms. The molecule has 0 aliphatic heterocycles. The summed E-state index contributed by atoms with van der Waals surface area (Å²) in [7, 11) is 1.65. The number of carbonyl (C=O) groups excluding carboxylic acids is 1. The molecule has 0 bridgehead atoms. The maximum absolute atomic E-state index is 11.6. The molecule has 1 heterocycles. The summed E-state index contributed by atoms with van der Waals surface area (Å²) in [5.41, 5.74) is 5.31. The number of nitrogens with two attached hydrogens (primary N) is 1. The summed E-state index contributed by atoms with van der Waals surface area (Å²) in [5.74, 6) is 5.83. The van der Waals surface area contributed by atoms with E-state index in [4.69, 9.17) is 10.5 Å². The predicted molar refractivity (Wildman–Crippen MR) is 77.8 cm³/mol. The van der Waals surface area contributed by atoms with Crippen LogP contribution in [0.1, 0.15) is 29.5 Å². The molecule has 19 heavy (non-hydrogen) atoms. The lowest BCUT2D eigenvalue weighted by atomic mass is 10.2. The summed E-state index contributed by atoms with van der Waals surface area (Å²) in [6, 6.07) is 3.92. The minimum Gasteiger partial charge on any atom is -0.382 e. The third kappa shape index (κ3) is 6.39. The van der Waals surface area contributed by atoms with Gasteiger partial charge in [0.15, 0.2) is 0 Å². The minimum absolute atomic E-state index is 0.0480. The average Bonchev–Trinajstić information content (AvgIpc) is 2.88. The van der Waals surface area contributed by atoms with Gasteiger partial charge in [-0.05, 0) is 25.5 Å². The van der Waals surface area contributed by atoms with Crippen molar-refractivity contribution in [1.82, 2.24) is 5.32 Å². The van der Waals surface area contributed by atoms with Gasteiger partial charge in [-0.2, -0.15) is 0 Å². The van der Waals surface area contributed by atoms with Crippen molar-refractivity contribution < 1.29 is 9.53 Å². The minimum atomic E-state index is 0.0480. The van der Waals surface area contributed by atoms with Gasteiger partial charge in [0, 0.05) is 18.4 Å². The highest BCUT2D eigenvalue weighted by Gasteiger charge is 2.06. The molecule has 0 saturated heterocycles. The molecule has 0 aromatic carbocycles. The van der Waals surface area contributed by atoms with Gasteiger partial charge in [-0.1, -0.05) is 11.8 Å². The van der Waals surface area contributed by atoms with Crippen molar-refractivity contribution in [3.63, 3.8) is 0 Å². The summed E-state index contributed by atoms with van der Waals surface area (Å²) in [5, 5.41) is 2.89. The van der Waals surface area contributed by atoms with E-state index in [0.29, 0.717) is 19.5 Å². The highest BCUT2D eigenvalue weighted by Crippen LogP contribution is 2.15. The maximum Gasteiger partial charge on any atom is 0.220 e. The highest BCUT2D eigenvalue weighted by atomic mass is 32.1. The molecule has 0 radical (unpaired) electrons. The molecular formula is C14H20N2O2S. The molecule has 0 fully saturated rings. The van der Waals surface area contributed by atoms with Crippen LogP contribution in [0.5, 0.6) is 0 Å². The van der Waals surface area contributed by atoms with Gasteiger partial charge >= 0.3 is 0 Å². The fourth-order valence-corrected chi connectivity index (χ4v) is 2.23. The number of carbonyl (C=O) groups is 1. The average molecular weight is 280 g/mol. The Hall–Kier alpha value is -1.35. The van der Waals surface area contributed by atoms with E-state index in [2.05, 4.69) is 17.2 Å². The van der Waals surface area contributed by atoms with E-state index < -0.39 is 0 Å². The molecule has 1 unspecified atom stereocenters. The fourth-order valence-electron chi connectivity index (χ4n) is 1.40. The van der Waals surface area contributed by atoms with Crippen molar-refractivity contribution in [3.05, 3.63) is 21.9 Å². The van der Waals surface area contributed by atoms with Crippen LogP contribution in [-0.4, -0.2) is 25.7 Å². The Morgan fingerprint density at radius 1 is 1.58 bits per heavy atom. The lowest BCUT2D eigenvalue weighted by molar-refractivity contribution is -0.121. The normalized spacial score (nSPS) is 11.5. The molecule has 4 nitrogen and oxygen atoms in total. The van der Waals surface area contributed by atoms with Gasteiger partial charge in [0.05, 0.1) is 24.1 Å². The fraction of sp³-hybridized carbons (Fsp3) is 0.500. The van der Waals surface area contributed by atoms with Gasteiger partial charge in [0.1, 0.15) is 0 Å². The molecule has 0 aliphatic rings. The van der Waals surface area contributed by atoms with E-state index in [-0.39, 0.29) is 12.0 Å². The lowest BCUT2D eigenvalue weighted by Crippen LogP contribution is -2.23. The Labute approximate surface area is 118 Å². The summed E-state index contributed by atoms with van der Waals surface area (Å²) < 4.78 is 5.10. The molecule has 1 rings (SSSR count). The molecular weight excluding hydrogens is 260 g/mol. The molecule has 104 valence electrons. The van der Waals surface area contributed by atoms with Gasteiger partial charge in [0.2, 0.25) is 5.91 Å². The largest absolute Gasteiger partial charge is 0.382 e. The standard InChI is InChI=1S/C14H20N2O2S/c1-11(18-2)5-8-14(17)16-10-13-7-6-12(19-13)4-3-9-15/h6-7,11H,5,8-10,15H2,1-2H3,(H,16,17). The van der Waals surface area contributed by atoms with Crippen molar-refractivity contribution in [2.45, 2.75) is 32.4 Å². The first-order valence-electron chi connectivity index (χ1n) is 6.23. The third-order valence-electron chi connectivity index (χ3n) is 2.62. The molecule has 0 aliphatic carbocycles. The SMILES string of the molecule is COC(C)CCC(=O)NCc1ccc(C#CCN)s1. The van der Waals surface area contributed by atoms with Crippen LogP contribution in [0, 0.1) is 11.8 Å². The first-order valence-corrected chi connectivity index (χ1v) is 7.04. The van der Waals surface area contributed by atoms with E-state index >= 15 is 0 Å². The van der Waals surface area contributed by atoms with Crippen LogP contribution in [-0.2, 0) is 16.1 Å². The second-order valence-corrected chi connectivity index (χ2v) is 5.30. The van der Waals surface area contributed by atoms with Crippen molar-refractivity contribution in [1.29, 1.82) is 0 Å². The number of rotatable bonds is 6. The van der Waals surface area contributed by atoms with Gasteiger partial charge in [-0.25, -0.2) is 0 Å². The summed E-state index contributed by atoms with van der Waals surface area (Å²) >= 11 is 1.58. The predicted octanol–water partition coefficient (Wildman–Crippen LogP) is 1.49. The molecule has 1 aromatic heterocycles. The molecule has 3 N–H and O–H groups in total. The van der Waals surface area contributed by atoms with Gasteiger partial charge in [-0.15, -0.1) is 11.3 Å². The van der Waals surface area contributed by atoms with Crippen LogP contribution in [0.15, 0.2) is 12.1 Å². The van der Waals surface area contributed by atoms with Gasteiger partial charge in [-0.3, -0.25) is 4.79 Å². The topological polar surface area (TPSA) is 64.3 Å². The Bertz CT molecular complexity index is 460. The summed E-state index contributed by atoms with van der Waals surface area (Å²) in [6.45, 7) is 2.87. The first-order chi connectivity index (χ1) is 9.15. The Morgan fingerprint density at radius 2 is 2.37 bits per heavy atom. The summed E-state index contributed by atoms with van der Waals surface area (Å²) in [6.07, 6.45) is 1.34. The second-order valence-electron chi connectivity index (χ2n) is 4.13. The Balaban J connectivity index is 2.32. The third-order valence-corrected chi connectivity index (χ3v) is 3.62. The maximum atomic E-state index is 11.6. The quantitative estimate of drug-likeness (QED) is 0.776. The van der Waals surface area contributed by atoms with Crippen LogP contribution in [0.3, 0.4) is 0 Å². The molecule has 0 saturated carbocycles. The number of hydrogen-bond acceptors (Lipinski definition) is 4. The number of methoxy groups -OCH3 is 1. The Kier molecular flexibility index (Phi) is 7.19. The molecule has 5 heteroatoms. The monoisotopic (exact) mass is 280 g/mol. The zero-order valence-corrected chi connectivity index (χ0v) is 12.2. The number of ether oxygens (including phenoxy) is 1. The number of nitrogens with one attached hydrogen (secondary N) is 1. The van der Waals surface area contributed by atoms with Crippen LogP contribution in [0.25, 0.3) is 0 Å². The van der Waals surface area contributed by atoms with Crippen molar-refractivity contribution in [2.75, 3.05) is 13.7 Å². The zero-order chi connectivity index (χ0) is 14.1. The van der Waals surface area contributed by atoms with E-state index in [1.807, 2.05) is 19.1 Å². The van der Waals surface area contributed by atoms with Crippen molar-refractivity contribution in [3.8, 4) is 11.8 Å². The molecule has 1 amide bonds. The first kappa shape index (κ1) is 15.7. The van der Waals surface area contributed by atoms with Crippen LogP contribution < -0.4 is 11.1 Å². The zero-order valence-electron chi connectivity index (χ0n) is 11.4. The van der Waals surface area contributed by atoms with Gasteiger partial charge < -0.3 is 15.8 Å². The summed E-state index contributed by atoms with van der Waals surface area (Å²) in [4.78, 5) is 13.7. The van der Waals surface area contributed by atoms with Crippen LogP contribution in [0.4, 0.5) is 0 Å². The van der Waals surface area contributed by atoms with E-state index in [1.54, 1.807) is 18.4 Å². The number of amides is 1. The highest BCUT2D eigenvalue weighted by molar-refractivity contribution is 7.12. The Morgan fingerprint density at radius 3 is 3.05 bits per heavy atom. The van der Waals surface area contributed by atoms with Crippen molar-refractivity contribution in [2.24, 2.45) is 5.73 Å². The van der Waals surface area contributed by atoms with E-state index in [9.17, 15) is 4.79 Å². The van der Waals surface area contributed by atoms with Crippen LogP contribution >= 0.6 is 11.3 Å². The van der Waals surface area contributed by atoms with E-state index in [1.165, 1.54) is 0 Å².